The molecule has 122 valence electrons. The number of nitrogens with one attached hydrogen (secondary N) is 1. The van der Waals surface area contributed by atoms with E-state index in [1.165, 1.54) is 0 Å². The largest absolute Gasteiger partial charge is 0.306 e. The molecular weight excluding hydrogens is 302 g/mol. The molecule has 0 bridgehead atoms. The van der Waals surface area contributed by atoms with E-state index < -0.39 is 0 Å². The number of halogens is 1. The van der Waals surface area contributed by atoms with Gasteiger partial charge in [-0.25, -0.2) is 5.43 Å². The molecule has 7 heteroatoms. The van der Waals surface area contributed by atoms with Crippen LogP contribution >= 0.6 is 11.6 Å². The maximum atomic E-state index is 11.6. The fourth-order valence-electron chi connectivity index (χ4n) is 1.93. The van der Waals surface area contributed by atoms with E-state index in [2.05, 4.69) is 48.2 Å². The molecule has 1 unspecified atom stereocenters. The Bertz CT molecular complexity index is 465. The quantitative estimate of drug-likeness (QED) is 0.220. The lowest BCUT2D eigenvalue weighted by Gasteiger charge is -2.22. The van der Waals surface area contributed by atoms with Gasteiger partial charge in [0, 0.05) is 12.5 Å². The van der Waals surface area contributed by atoms with E-state index in [9.17, 15) is 4.79 Å². The van der Waals surface area contributed by atoms with E-state index in [-0.39, 0.29) is 16.6 Å². The third-order valence-corrected chi connectivity index (χ3v) is 3.58. The zero-order valence-electron chi connectivity index (χ0n) is 13.5. The lowest BCUT2D eigenvalue weighted by atomic mass is 10.1. The van der Waals surface area contributed by atoms with Gasteiger partial charge in [0.15, 0.2) is 0 Å². The number of rotatable bonds is 10. The smallest absolute Gasteiger partial charge is 0.240 e. The zero-order valence-corrected chi connectivity index (χ0v) is 14.2. The first-order valence-electron chi connectivity index (χ1n) is 7.21. The number of allylic oxidation sites excluding steroid dienone is 1. The summed E-state index contributed by atoms with van der Waals surface area (Å²) in [6.45, 7) is 5.37. The maximum absolute atomic E-state index is 11.6. The minimum atomic E-state index is -0.186. The van der Waals surface area contributed by atoms with Crippen molar-refractivity contribution < 1.29 is 4.79 Å². The number of hydrazone groups is 1. The molecule has 0 aromatic carbocycles. The topological polar surface area (TPSA) is 80.8 Å². The number of unbranched alkanes of at least 4 members (excludes halogenated alkanes) is 1. The Kier molecular flexibility index (Phi) is 11.0. The van der Waals surface area contributed by atoms with Crippen LogP contribution in [0.3, 0.4) is 0 Å². The highest BCUT2D eigenvalue weighted by atomic mass is 35.5. The number of nitriles is 1. The van der Waals surface area contributed by atoms with Crippen molar-refractivity contribution in [3.63, 3.8) is 0 Å². The highest BCUT2D eigenvalue weighted by Crippen LogP contribution is 2.10. The van der Waals surface area contributed by atoms with Gasteiger partial charge >= 0.3 is 0 Å². The molecule has 1 amide bonds. The molecule has 0 aliphatic rings. The minimum absolute atomic E-state index is 0.0465. The molecule has 1 N–H and O–H groups in total. The Balaban J connectivity index is 4.07. The maximum Gasteiger partial charge on any atom is 0.240 e. The Morgan fingerprint density at radius 2 is 2.18 bits per heavy atom. The Hall–Kier alpha value is -1.71. The van der Waals surface area contributed by atoms with Gasteiger partial charge in [0.2, 0.25) is 5.91 Å². The van der Waals surface area contributed by atoms with E-state index in [0.717, 1.165) is 31.9 Å². The van der Waals surface area contributed by atoms with E-state index in [0.29, 0.717) is 12.5 Å². The Labute approximate surface area is 137 Å². The predicted octanol–water partition coefficient (Wildman–Crippen LogP) is 2.66. The van der Waals surface area contributed by atoms with Gasteiger partial charge in [-0.1, -0.05) is 24.9 Å². The number of carbonyl (C=O) groups is 1. The van der Waals surface area contributed by atoms with Crippen LogP contribution in [0.15, 0.2) is 20.8 Å². The summed E-state index contributed by atoms with van der Waals surface area (Å²) < 4.78 is 0. The van der Waals surface area contributed by atoms with Crippen LogP contribution in [0.4, 0.5) is 0 Å². The molecule has 0 fully saturated rings. The van der Waals surface area contributed by atoms with Crippen molar-refractivity contribution in [2.24, 2.45) is 10.1 Å². The third kappa shape index (κ3) is 8.55. The molecule has 0 saturated heterocycles. The molecule has 22 heavy (non-hydrogen) atoms. The summed E-state index contributed by atoms with van der Waals surface area (Å²) in [5.74, 6) is -0.186. The summed E-state index contributed by atoms with van der Waals surface area (Å²) in [4.78, 5) is 17.2. The second-order valence-electron chi connectivity index (χ2n) is 5.04. The highest BCUT2D eigenvalue weighted by Gasteiger charge is 2.08. The Morgan fingerprint density at radius 1 is 1.50 bits per heavy atom. The van der Waals surface area contributed by atoms with Gasteiger partial charge in [-0.05, 0) is 40.1 Å². The number of aliphatic imine (C=N–C) groups is 1. The fraction of sp³-hybridized carbons (Fsp3) is 0.600. The number of nitrogens with zero attached hydrogens (tertiary/aromatic N) is 4. The van der Waals surface area contributed by atoms with Crippen molar-refractivity contribution in [1.82, 2.24) is 10.3 Å². The number of hydrogen-bond acceptors (Lipinski definition) is 5. The van der Waals surface area contributed by atoms with Crippen molar-refractivity contribution in [3.8, 4) is 6.07 Å². The highest BCUT2D eigenvalue weighted by molar-refractivity contribution is 6.31. The van der Waals surface area contributed by atoms with Gasteiger partial charge in [-0.3, -0.25) is 9.79 Å². The average molecular weight is 326 g/mol. The van der Waals surface area contributed by atoms with Crippen LogP contribution in [-0.2, 0) is 4.79 Å². The van der Waals surface area contributed by atoms with E-state index >= 15 is 0 Å². The van der Waals surface area contributed by atoms with Crippen LogP contribution in [0.1, 0.15) is 39.0 Å². The monoisotopic (exact) mass is 325 g/mol. The van der Waals surface area contributed by atoms with Crippen LogP contribution < -0.4 is 5.43 Å². The van der Waals surface area contributed by atoms with Crippen LogP contribution in [0.2, 0.25) is 0 Å². The van der Waals surface area contributed by atoms with Crippen molar-refractivity contribution in [1.29, 1.82) is 5.26 Å². The molecule has 0 aromatic rings. The molecule has 0 saturated carbocycles. The zero-order chi connectivity index (χ0) is 17.0. The minimum Gasteiger partial charge on any atom is -0.306 e. The molecule has 0 spiro atoms. The molecule has 0 rings (SSSR count). The van der Waals surface area contributed by atoms with Gasteiger partial charge in [-0.15, -0.1) is 0 Å². The van der Waals surface area contributed by atoms with E-state index in [1.807, 2.05) is 6.07 Å². The molecule has 0 aromatic heterocycles. The van der Waals surface area contributed by atoms with Crippen molar-refractivity contribution in [3.05, 3.63) is 10.7 Å². The fourth-order valence-corrected chi connectivity index (χ4v) is 2.02. The molecule has 1 atom stereocenters. The SMILES string of the molecule is C=NC(Cl)=C(C#N)C=NNC(=O)CCCCC(CC)N(C)C. The first kappa shape index (κ1) is 20.3. The van der Waals surface area contributed by atoms with Crippen molar-refractivity contribution >= 4 is 30.4 Å². The molecule has 0 aliphatic carbocycles. The molecule has 6 nitrogen and oxygen atoms in total. The first-order valence-corrected chi connectivity index (χ1v) is 7.58. The average Bonchev–Trinajstić information content (AvgIpc) is 2.50. The van der Waals surface area contributed by atoms with Gasteiger partial charge in [0.1, 0.15) is 16.8 Å². The summed E-state index contributed by atoms with van der Waals surface area (Å²) in [5.41, 5.74) is 2.42. The second kappa shape index (κ2) is 11.9. The summed E-state index contributed by atoms with van der Waals surface area (Å²) in [6.07, 6.45) is 5.53. The van der Waals surface area contributed by atoms with Gasteiger partial charge in [-0.2, -0.15) is 10.4 Å². The molecule has 0 aliphatic heterocycles. The van der Waals surface area contributed by atoms with Crippen LogP contribution in [0.5, 0.6) is 0 Å². The van der Waals surface area contributed by atoms with Crippen molar-refractivity contribution in [2.75, 3.05) is 14.1 Å². The third-order valence-electron chi connectivity index (χ3n) is 3.26. The Morgan fingerprint density at radius 3 is 2.68 bits per heavy atom. The summed E-state index contributed by atoms with van der Waals surface area (Å²) >= 11 is 5.64. The lowest BCUT2D eigenvalue weighted by molar-refractivity contribution is -0.121. The second-order valence-corrected chi connectivity index (χ2v) is 5.40. The van der Waals surface area contributed by atoms with Crippen LogP contribution in [0.25, 0.3) is 0 Å². The summed E-state index contributed by atoms with van der Waals surface area (Å²) in [5, 5.41) is 12.4. The van der Waals surface area contributed by atoms with Gasteiger partial charge in [0.25, 0.3) is 0 Å². The van der Waals surface area contributed by atoms with Gasteiger partial charge in [0.05, 0.1) is 6.21 Å². The van der Waals surface area contributed by atoms with Crippen molar-refractivity contribution in [2.45, 2.75) is 45.1 Å². The predicted molar refractivity (Wildman–Crippen MR) is 90.9 cm³/mol. The standard InChI is InChI=1S/C15H24ClN5O/c1-5-13(21(3)4)8-6-7-9-14(22)20-19-11-12(10-17)15(16)18-2/h11,13H,2,5-9H2,1,3-4H3,(H,20,22). The van der Waals surface area contributed by atoms with Gasteiger partial charge < -0.3 is 4.90 Å². The lowest BCUT2D eigenvalue weighted by Crippen LogP contribution is -2.27. The molecule has 0 radical (unpaired) electrons. The number of carbonyl (C=O) groups excluding carboxylic acids is 1. The summed E-state index contributed by atoms with van der Waals surface area (Å²) in [7, 11) is 4.14. The normalized spacial score (nSPS) is 13.6. The summed E-state index contributed by atoms with van der Waals surface area (Å²) in [6, 6.07) is 2.37. The number of hydrogen-bond donors (Lipinski definition) is 1. The first-order chi connectivity index (χ1) is 10.5. The molecular formula is C15H24ClN5O. The van der Waals surface area contributed by atoms with E-state index in [4.69, 9.17) is 16.9 Å². The number of amides is 1. The van der Waals surface area contributed by atoms with Crippen LogP contribution in [0, 0.1) is 11.3 Å². The molecule has 0 heterocycles. The van der Waals surface area contributed by atoms with E-state index in [1.54, 1.807) is 0 Å². The van der Waals surface area contributed by atoms with Crippen LogP contribution in [-0.4, -0.2) is 43.9 Å².